The molecule has 0 aromatic heterocycles. The van der Waals surface area contributed by atoms with Crippen LogP contribution in [0.2, 0.25) is 54.4 Å². The lowest BCUT2D eigenvalue weighted by Gasteiger charge is -2.45. The second-order valence-electron chi connectivity index (χ2n) is 21.8. The number of benzene rings is 1. The van der Waals surface area contributed by atoms with Crippen molar-refractivity contribution in [3.63, 3.8) is 0 Å². The quantitative estimate of drug-likeness (QED) is 0.195. The molecule has 3 fully saturated rings. The van der Waals surface area contributed by atoms with Crippen LogP contribution in [-0.2, 0) is 8.85 Å². The Kier molecular flexibility index (Phi) is 13.0. The van der Waals surface area contributed by atoms with Gasteiger partial charge in [0.25, 0.3) is 0 Å². The fourth-order valence-electron chi connectivity index (χ4n) is 8.34. The standard InChI is InChI=1S/C46H78O3Si3/c1-34(23-24-35-20-18-22-38(30-35)47-50(12,13)43(2,3)4)41-27-28-42-37(21-19-29-46(41,42)11)26-25-36-31-39(48-51(14,15)44(5,6)7)33-40(32-36)49-52(16,17)45(8,9)10/h18,20,22,25-26,30,34,39-42H,19,21,27-29,31-33H2,1-17H3/b37-26+/t34-,39+,40+,41+,42-,46+/m0/s1. The van der Waals surface area contributed by atoms with Gasteiger partial charge in [-0.25, -0.2) is 0 Å². The number of hydrogen-bond donors (Lipinski definition) is 0. The summed E-state index contributed by atoms with van der Waals surface area (Å²) in [5.74, 6) is 9.91. The Hall–Kier alpha value is -1.37. The summed E-state index contributed by atoms with van der Waals surface area (Å²) in [4.78, 5) is 0. The van der Waals surface area contributed by atoms with E-state index in [0.717, 1.165) is 30.6 Å². The highest BCUT2D eigenvalue weighted by Crippen LogP contribution is 2.59. The molecule has 6 heteroatoms. The summed E-state index contributed by atoms with van der Waals surface area (Å²) in [6.07, 6.45) is 15.0. The van der Waals surface area contributed by atoms with Crippen LogP contribution in [0.5, 0.6) is 5.75 Å². The highest BCUT2D eigenvalue weighted by atomic mass is 28.4. The van der Waals surface area contributed by atoms with Crippen molar-refractivity contribution in [2.24, 2.45) is 23.2 Å². The summed E-state index contributed by atoms with van der Waals surface area (Å²) in [7, 11) is -5.69. The van der Waals surface area contributed by atoms with Gasteiger partial charge in [-0.05, 0) is 141 Å². The highest BCUT2D eigenvalue weighted by molar-refractivity contribution is 6.75. The summed E-state index contributed by atoms with van der Waals surface area (Å²) >= 11 is 0. The van der Waals surface area contributed by atoms with E-state index in [2.05, 4.69) is 164 Å². The molecular weight excluding hydrogens is 685 g/mol. The average Bonchev–Trinajstić information content (AvgIpc) is 3.34. The lowest BCUT2D eigenvalue weighted by atomic mass is 9.61. The molecule has 3 saturated carbocycles. The molecule has 0 amide bonds. The Bertz CT molecular complexity index is 1480. The van der Waals surface area contributed by atoms with Gasteiger partial charge >= 0.3 is 0 Å². The van der Waals surface area contributed by atoms with E-state index in [-0.39, 0.29) is 27.3 Å². The molecule has 6 atom stereocenters. The topological polar surface area (TPSA) is 27.7 Å². The van der Waals surface area contributed by atoms with E-state index >= 15 is 0 Å². The Morgan fingerprint density at radius 3 is 1.88 bits per heavy atom. The van der Waals surface area contributed by atoms with Crippen LogP contribution in [0.15, 0.2) is 47.6 Å². The molecule has 3 aliphatic rings. The zero-order valence-corrected chi connectivity index (χ0v) is 39.7. The van der Waals surface area contributed by atoms with E-state index in [0.29, 0.717) is 23.2 Å². The Morgan fingerprint density at radius 2 is 1.35 bits per heavy atom. The van der Waals surface area contributed by atoms with Gasteiger partial charge in [0, 0.05) is 11.5 Å². The first-order valence-corrected chi connectivity index (χ1v) is 29.4. The van der Waals surface area contributed by atoms with Crippen molar-refractivity contribution in [3.05, 3.63) is 53.1 Å². The van der Waals surface area contributed by atoms with E-state index in [1.165, 1.54) is 37.7 Å². The first-order chi connectivity index (χ1) is 23.7. The summed E-state index contributed by atoms with van der Waals surface area (Å²) in [5.41, 5.74) is 4.57. The molecule has 0 aliphatic heterocycles. The first kappa shape index (κ1) is 43.4. The zero-order chi connectivity index (χ0) is 39.1. The van der Waals surface area contributed by atoms with Crippen LogP contribution in [0.25, 0.3) is 0 Å². The van der Waals surface area contributed by atoms with Crippen molar-refractivity contribution in [2.75, 3.05) is 0 Å². The summed E-state index contributed by atoms with van der Waals surface area (Å²) in [6.45, 7) is 40.3. The predicted octanol–water partition coefficient (Wildman–Crippen LogP) is 14.1. The van der Waals surface area contributed by atoms with Crippen molar-refractivity contribution in [1.29, 1.82) is 0 Å². The van der Waals surface area contributed by atoms with E-state index in [1.807, 2.05) is 0 Å². The second kappa shape index (κ2) is 15.6. The van der Waals surface area contributed by atoms with Gasteiger partial charge in [-0.15, -0.1) is 0 Å². The largest absolute Gasteiger partial charge is 0.543 e. The minimum atomic E-state index is -1.90. The molecule has 0 N–H and O–H groups in total. The van der Waals surface area contributed by atoms with E-state index in [1.54, 1.807) is 5.57 Å². The molecule has 3 aliphatic carbocycles. The van der Waals surface area contributed by atoms with Gasteiger partial charge in [0.1, 0.15) is 5.75 Å². The van der Waals surface area contributed by atoms with Crippen LogP contribution in [0.1, 0.15) is 133 Å². The first-order valence-electron chi connectivity index (χ1n) is 20.7. The lowest BCUT2D eigenvalue weighted by molar-refractivity contribution is 0.0725. The smallest absolute Gasteiger partial charge is 0.250 e. The highest BCUT2D eigenvalue weighted by Gasteiger charge is 2.51. The molecule has 0 unspecified atom stereocenters. The maximum Gasteiger partial charge on any atom is 0.250 e. The Morgan fingerprint density at radius 1 is 0.788 bits per heavy atom. The normalized spacial score (nSPS) is 27.9. The van der Waals surface area contributed by atoms with Crippen LogP contribution >= 0.6 is 0 Å². The predicted molar refractivity (Wildman–Crippen MR) is 233 cm³/mol. The van der Waals surface area contributed by atoms with Gasteiger partial charge < -0.3 is 13.3 Å². The molecule has 0 saturated heterocycles. The third kappa shape index (κ3) is 10.1. The van der Waals surface area contributed by atoms with Crippen molar-refractivity contribution < 1.29 is 13.3 Å². The zero-order valence-electron chi connectivity index (χ0n) is 36.7. The van der Waals surface area contributed by atoms with Crippen molar-refractivity contribution in [3.8, 4) is 17.6 Å². The lowest BCUT2D eigenvalue weighted by Crippen LogP contribution is -2.48. The SMILES string of the molecule is C[C@@H](C#Cc1cccc(O[Si](C)(C)C(C)(C)C)c1)[C@H]1CC[C@H]2/C(=C/C=C3C[C@@H](O[Si](C)(C)C(C)(C)C)C[C@H](O[Si](C)(C)C(C)(C)C)C3)CCC[C@]12C. The minimum absolute atomic E-state index is 0.168. The maximum absolute atomic E-state index is 7.11. The molecule has 3 nitrogen and oxygen atoms in total. The number of allylic oxidation sites excluding steroid dienone is 3. The van der Waals surface area contributed by atoms with Gasteiger partial charge in [-0.2, -0.15) is 0 Å². The van der Waals surface area contributed by atoms with Crippen molar-refractivity contribution in [1.82, 2.24) is 0 Å². The fourth-order valence-corrected chi connectivity index (χ4v) is 12.1. The number of fused-ring (bicyclic) bond motifs is 1. The molecule has 0 radical (unpaired) electrons. The third-order valence-electron chi connectivity index (χ3n) is 14.7. The minimum Gasteiger partial charge on any atom is -0.543 e. The second-order valence-corrected chi connectivity index (χ2v) is 36.0. The van der Waals surface area contributed by atoms with Crippen LogP contribution in [-0.4, -0.2) is 37.2 Å². The monoisotopic (exact) mass is 763 g/mol. The van der Waals surface area contributed by atoms with Crippen molar-refractivity contribution in [2.45, 2.75) is 194 Å². The molecule has 0 heterocycles. The number of rotatable bonds is 8. The summed E-state index contributed by atoms with van der Waals surface area (Å²) < 4.78 is 20.8. The maximum atomic E-state index is 7.11. The average molecular weight is 763 g/mol. The van der Waals surface area contributed by atoms with Gasteiger partial charge in [0.05, 0.1) is 12.2 Å². The third-order valence-corrected chi connectivity index (χ3v) is 28.1. The molecule has 0 spiro atoms. The summed E-state index contributed by atoms with van der Waals surface area (Å²) in [6, 6.07) is 8.50. The fraction of sp³-hybridized carbons (Fsp3) is 0.739. The van der Waals surface area contributed by atoms with Gasteiger partial charge in [0.15, 0.2) is 16.6 Å². The molecule has 52 heavy (non-hydrogen) atoms. The number of hydrogen-bond acceptors (Lipinski definition) is 3. The summed E-state index contributed by atoms with van der Waals surface area (Å²) in [5, 5.41) is 0.561. The molecule has 1 aromatic rings. The van der Waals surface area contributed by atoms with E-state index in [9.17, 15) is 0 Å². The Balaban J connectivity index is 1.53. The van der Waals surface area contributed by atoms with Crippen molar-refractivity contribution >= 4 is 25.0 Å². The van der Waals surface area contributed by atoms with E-state index in [4.69, 9.17) is 13.3 Å². The van der Waals surface area contributed by atoms with Crippen LogP contribution in [0.3, 0.4) is 0 Å². The molecule has 1 aromatic carbocycles. The van der Waals surface area contributed by atoms with Crippen LogP contribution < -0.4 is 4.43 Å². The Labute approximate surface area is 324 Å². The van der Waals surface area contributed by atoms with Crippen LogP contribution in [0.4, 0.5) is 0 Å². The molecule has 4 rings (SSSR count). The van der Waals surface area contributed by atoms with Gasteiger partial charge in [-0.3, -0.25) is 0 Å². The van der Waals surface area contributed by atoms with Gasteiger partial charge in [0.2, 0.25) is 8.32 Å². The van der Waals surface area contributed by atoms with Gasteiger partial charge in [-0.1, -0.05) is 117 Å². The van der Waals surface area contributed by atoms with E-state index < -0.39 is 25.0 Å². The molecular formula is C46H78O3Si3. The molecule has 292 valence electrons. The molecule has 0 bridgehead atoms. The van der Waals surface area contributed by atoms with Crippen LogP contribution in [0, 0.1) is 35.0 Å².